The zero-order valence-electron chi connectivity index (χ0n) is 8.35. The summed E-state index contributed by atoms with van der Waals surface area (Å²) in [5.74, 6) is 0. The molecule has 0 aromatic heterocycles. The third-order valence-corrected chi connectivity index (χ3v) is 3.57. The molecular weight excluding hydrogens is 178 g/mol. The predicted molar refractivity (Wildman–Crippen MR) is 59.6 cm³/mol. The van der Waals surface area contributed by atoms with Gasteiger partial charge in [-0.3, -0.25) is 0 Å². The quantitative estimate of drug-likeness (QED) is 0.678. The number of fused-ring (bicyclic) bond motifs is 1. The molecule has 2 rings (SSSR count). The van der Waals surface area contributed by atoms with Gasteiger partial charge in [0.05, 0.1) is 5.69 Å². The van der Waals surface area contributed by atoms with E-state index in [1.165, 1.54) is 16.1 Å². The van der Waals surface area contributed by atoms with Crippen LogP contribution in [0.15, 0.2) is 23.1 Å². The van der Waals surface area contributed by atoms with Gasteiger partial charge in [-0.15, -0.1) is 11.8 Å². The molecule has 0 aliphatic carbocycles. The van der Waals surface area contributed by atoms with E-state index in [0.29, 0.717) is 4.75 Å². The van der Waals surface area contributed by atoms with Crippen molar-refractivity contribution < 1.29 is 0 Å². The van der Waals surface area contributed by atoms with E-state index in [4.69, 9.17) is 0 Å². The first-order valence-corrected chi connectivity index (χ1v) is 5.43. The van der Waals surface area contributed by atoms with Crippen molar-refractivity contribution in [3.63, 3.8) is 0 Å². The molecule has 1 heterocycles. The van der Waals surface area contributed by atoms with Crippen molar-refractivity contribution >= 4 is 17.4 Å². The summed E-state index contributed by atoms with van der Waals surface area (Å²) in [6.07, 6.45) is 0. The lowest BCUT2D eigenvalue weighted by Crippen LogP contribution is -2.30. The number of thioether (sulfide) groups is 1. The van der Waals surface area contributed by atoms with E-state index in [9.17, 15) is 0 Å². The van der Waals surface area contributed by atoms with E-state index in [0.717, 1.165) is 6.54 Å². The molecule has 0 saturated carbocycles. The highest BCUT2D eigenvalue weighted by molar-refractivity contribution is 8.00. The molecule has 0 atom stereocenters. The van der Waals surface area contributed by atoms with Gasteiger partial charge in [-0.25, -0.2) is 0 Å². The Kier molecular flexibility index (Phi) is 2.03. The first-order valence-electron chi connectivity index (χ1n) is 4.61. The molecule has 0 radical (unpaired) electrons. The molecule has 1 N–H and O–H groups in total. The lowest BCUT2D eigenvalue weighted by atomic mass is 10.1. The first kappa shape index (κ1) is 8.95. The first-order chi connectivity index (χ1) is 6.08. The zero-order chi connectivity index (χ0) is 9.47. The van der Waals surface area contributed by atoms with Crippen molar-refractivity contribution in [1.29, 1.82) is 0 Å². The number of benzene rings is 1. The fourth-order valence-corrected chi connectivity index (χ4v) is 2.81. The van der Waals surface area contributed by atoms with Crippen molar-refractivity contribution in [3.05, 3.63) is 23.8 Å². The number of para-hydroxylation sites is 1. The third-order valence-electron chi connectivity index (χ3n) is 2.31. The van der Waals surface area contributed by atoms with Crippen LogP contribution in [0.2, 0.25) is 0 Å². The molecule has 0 amide bonds. The van der Waals surface area contributed by atoms with Crippen molar-refractivity contribution in [2.24, 2.45) is 0 Å². The molecule has 1 aliphatic heterocycles. The van der Waals surface area contributed by atoms with Gasteiger partial charge >= 0.3 is 0 Å². The number of anilines is 1. The number of hydrogen-bond acceptors (Lipinski definition) is 2. The van der Waals surface area contributed by atoms with Crippen LogP contribution in [0.5, 0.6) is 0 Å². The van der Waals surface area contributed by atoms with Gasteiger partial charge in [0.15, 0.2) is 0 Å². The van der Waals surface area contributed by atoms with E-state index in [1.807, 2.05) is 11.8 Å². The summed E-state index contributed by atoms with van der Waals surface area (Å²) in [6, 6.07) is 6.48. The number of rotatable bonds is 0. The molecule has 0 fully saturated rings. The largest absolute Gasteiger partial charge is 0.383 e. The Balaban J connectivity index is 2.42. The molecule has 1 aliphatic rings. The van der Waals surface area contributed by atoms with E-state index < -0.39 is 0 Å². The number of hydrogen-bond donors (Lipinski definition) is 1. The fraction of sp³-hybridized carbons (Fsp3) is 0.455. The molecule has 13 heavy (non-hydrogen) atoms. The van der Waals surface area contributed by atoms with Crippen LogP contribution in [0.1, 0.15) is 19.4 Å². The second-order valence-electron chi connectivity index (χ2n) is 4.16. The minimum Gasteiger partial charge on any atom is -0.383 e. The van der Waals surface area contributed by atoms with Gasteiger partial charge in [0, 0.05) is 16.2 Å². The average molecular weight is 193 g/mol. The SMILES string of the molecule is Cc1cccc2c1NCC(C)(C)S2. The normalized spacial score (nSPS) is 19.0. The Morgan fingerprint density at radius 1 is 1.38 bits per heavy atom. The Hall–Kier alpha value is -0.630. The molecule has 2 heteroatoms. The summed E-state index contributed by atoms with van der Waals surface area (Å²) >= 11 is 1.97. The monoisotopic (exact) mass is 193 g/mol. The Morgan fingerprint density at radius 2 is 2.15 bits per heavy atom. The molecule has 1 nitrogen and oxygen atoms in total. The molecule has 0 saturated heterocycles. The van der Waals surface area contributed by atoms with E-state index in [2.05, 4.69) is 44.3 Å². The van der Waals surface area contributed by atoms with Crippen LogP contribution in [0.4, 0.5) is 5.69 Å². The second kappa shape index (κ2) is 2.95. The van der Waals surface area contributed by atoms with Crippen molar-refractivity contribution in [2.75, 3.05) is 11.9 Å². The molecule has 0 bridgehead atoms. The van der Waals surface area contributed by atoms with E-state index in [-0.39, 0.29) is 0 Å². The lowest BCUT2D eigenvalue weighted by molar-refractivity contribution is 0.738. The third kappa shape index (κ3) is 1.68. The maximum atomic E-state index is 3.50. The summed E-state index contributed by atoms with van der Waals surface area (Å²) in [6.45, 7) is 7.76. The molecule has 0 unspecified atom stereocenters. The Morgan fingerprint density at radius 3 is 2.92 bits per heavy atom. The van der Waals surface area contributed by atoms with Crippen LogP contribution < -0.4 is 5.32 Å². The smallest absolute Gasteiger partial charge is 0.0508 e. The molecule has 1 aromatic carbocycles. The number of nitrogens with one attached hydrogen (secondary N) is 1. The maximum Gasteiger partial charge on any atom is 0.0508 e. The van der Waals surface area contributed by atoms with Gasteiger partial charge < -0.3 is 5.32 Å². The summed E-state index contributed by atoms with van der Waals surface area (Å²) in [5.41, 5.74) is 2.67. The van der Waals surface area contributed by atoms with Gasteiger partial charge in [-0.2, -0.15) is 0 Å². The standard InChI is InChI=1S/C11H15NS/c1-8-5-4-6-9-10(8)12-7-11(2,3)13-9/h4-6,12H,7H2,1-3H3. The van der Waals surface area contributed by atoms with Crippen LogP contribution in [0, 0.1) is 6.92 Å². The Bertz CT molecular complexity index is 331. The van der Waals surface area contributed by atoms with Crippen LogP contribution in [-0.4, -0.2) is 11.3 Å². The van der Waals surface area contributed by atoms with Crippen LogP contribution >= 0.6 is 11.8 Å². The number of aryl methyl sites for hydroxylation is 1. The fourth-order valence-electron chi connectivity index (χ4n) is 1.59. The van der Waals surface area contributed by atoms with Gasteiger partial charge in [0.1, 0.15) is 0 Å². The minimum absolute atomic E-state index is 0.320. The predicted octanol–water partition coefficient (Wildman–Crippen LogP) is 3.29. The second-order valence-corrected chi connectivity index (χ2v) is 5.91. The molecule has 70 valence electrons. The molecule has 0 spiro atoms. The van der Waals surface area contributed by atoms with Crippen molar-refractivity contribution in [1.82, 2.24) is 0 Å². The lowest BCUT2D eigenvalue weighted by Gasteiger charge is -2.32. The molecule has 1 aromatic rings. The summed E-state index contributed by atoms with van der Waals surface area (Å²) in [4.78, 5) is 1.39. The highest BCUT2D eigenvalue weighted by Crippen LogP contribution is 2.42. The highest BCUT2D eigenvalue weighted by atomic mass is 32.2. The summed E-state index contributed by atoms with van der Waals surface area (Å²) < 4.78 is 0.320. The van der Waals surface area contributed by atoms with Crippen molar-refractivity contribution in [3.8, 4) is 0 Å². The summed E-state index contributed by atoms with van der Waals surface area (Å²) in [7, 11) is 0. The topological polar surface area (TPSA) is 12.0 Å². The average Bonchev–Trinajstić information content (AvgIpc) is 2.02. The Labute approximate surface area is 83.9 Å². The maximum absolute atomic E-state index is 3.50. The summed E-state index contributed by atoms with van der Waals surface area (Å²) in [5, 5.41) is 3.50. The van der Waals surface area contributed by atoms with Crippen molar-refractivity contribution in [2.45, 2.75) is 30.4 Å². The van der Waals surface area contributed by atoms with Crippen LogP contribution in [-0.2, 0) is 0 Å². The van der Waals surface area contributed by atoms with Crippen LogP contribution in [0.3, 0.4) is 0 Å². The van der Waals surface area contributed by atoms with E-state index in [1.54, 1.807) is 0 Å². The van der Waals surface area contributed by atoms with Gasteiger partial charge in [0.2, 0.25) is 0 Å². The zero-order valence-corrected chi connectivity index (χ0v) is 9.16. The van der Waals surface area contributed by atoms with Gasteiger partial charge in [0.25, 0.3) is 0 Å². The van der Waals surface area contributed by atoms with Crippen LogP contribution in [0.25, 0.3) is 0 Å². The van der Waals surface area contributed by atoms with Gasteiger partial charge in [-0.1, -0.05) is 12.1 Å². The molecular formula is C11H15NS. The van der Waals surface area contributed by atoms with Gasteiger partial charge in [-0.05, 0) is 32.4 Å². The van der Waals surface area contributed by atoms with E-state index >= 15 is 0 Å². The highest BCUT2D eigenvalue weighted by Gasteiger charge is 2.25. The minimum atomic E-state index is 0.320.